The molecule has 1 atom stereocenters. The Bertz CT molecular complexity index is 410. The van der Waals surface area contributed by atoms with E-state index in [1.165, 1.54) is 0 Å². The van der Waals surface area contributed by atoms with Gasteiger partial charge in [-0.05, 0) is 44.4 Å². The van der Waals surface area contributed by atoms with Crippen LogP contribution in [-0.4, -0.2) is 10.8 Å². The van der Waals surface area contributed by atoms with Gasteiger partial charge in [-0.15, -0.1) is 11.8 Å². The molecule has 19 heavy (non-hydrogen) atoms. The van der Waals surface area contributed by atoms with Crippen LogP contribution in [-0.2, 0) is 6.54 Å². The molecular formula is C16H26FNS. The highest BCUT2D eigenvalue weighted by Crippen LogP contribution is 2.30. The lowest BCUT2D eigenvalue weighted by Gasteiger charge is -2.21. The molecule has 0 aromatic heterocycles. The van der Waals surface area contributed by atoms with E-state index in [4.69, 9.17) is 0 Å². The maximum Gasteiger partial charge on any atom is 0.137 e. The summed E-state index contributed by atoms with van der Waals surface area (Å²) in [7, 11) is 0. The highest BCUT2D eigenvalue weighted by Gasteiger charge is 2.13. The largest absolute Gasteiger partial charge is 0.308 e. The summed E-state index contributed by atoms with van der Waals surface area (Å²) in [4.78, 5) is 0.751. The maximum absolute atomic E-state index is 14.0. The van der Waals surface area contributed by atoms with Crippen LogP contribution in [0.4, 0.5) is 4.39 Å². The quantitative estimate of drug-likeness (QED) is 0.775. The van der Waals surface area contributed by atoms with Crippen molar-refractivity contribution in [2.75, 3.05) is 0 Å². The molecule has 1 aromatic rings. The molecule has 0 aliphatic carbocycles. The lowest BCUT2D eigenvalue weighted by atomic mass is 10.1. The van der Waals surface area contributed by atoms with Gasteiger partial charge in [-0.25, -0.2) is 4.39 Å². The summed E-state index contributed by atoms with van der Waals surface area (Å²) in [5, 5.41) is 3.79. The molecule has 0 heterocycles. The number of hydrogen-bond donors (Lipinski definition) is 1. The maximum atomic E-state index is 14.0. The molecule has 1 unspecified atom stereocenters. The first-order chi connectivity index (χ1) is 8.69. The van der Waals surface area contributed by atoms with E-state index in [1.54, 1.807) is 17.8 Å². The second-order valence-corrected chi connectivity index (χ2v) is 7.85. The summed E-state index contributed by atoms with van der Waals surface area (Å²) in [6.45, 7) is 13.5. The summed E-state index contributed by atoms with van der Waals surface area (Å²) >= 11 is 1.62. The number of nitrogens with one attached hydrogen (secondary N) is 1. The van der Waals surface area contributed by atoms with Gasteiger partial charge in [0.2, 0.25) is 0 Å². The first kappa shape index (κ1) is 16.5. The minimum atomic E-state index is -0.106. The van der Waals surface area contributed by atoms with Crippen LogP contribution in [0.25, 0.3) is 0 Å². The average molecular weight is 283 g/mol. The minimum absolute atomic E-state index is 0.0516. The van der Waals surface area contributed by atoms with Crippen LogP contribution in [0.5, 0.6) is 0 Å². The Hall–Kier alpha value is -0.540. The third-order valence-electron chi connectivity index (χ3n) is 3.07. The molecule has 1 rings (SSSR count). The zero-order valence-electron chi connectivity index (χ0n) is 12.9. The van der Waals surface area contributed by atoms with E-state index in [1.807, 2.05) is 12.1 Å². The molecule has 0 bridgehead atoms. The minimum Gasteiger partial charge on any atom is -0.308 e. The van der Waals surface area contributed by atoms with Crippen molar-refractivity contribution in [3.05, 3.63) is 29.6 Å². The number of hydrogen-bond acceptors (Lipinski definition) is 2. The van der Waals surface area contributed by atoms with Crippen molar-refractivity contribution in [1.82, 2.24) is 5.32 Å². The van der Waals surface area contributed by atoms with Gasteiger partial charge in [-0.3, -0.25) is 0 Å². The zero-order valence-corrected chi connectivity index (χ0v) is 13.7. The topological polar surface area (TPSA) is 12.0 Å². The van der Waals surface area contributed by atoms with E-state index in [2.05, 4.69) is 46.9 Å². The fourth-order valence-electron chi connectivity index (χ4n) is 1.45. The Morgan fingerprint density at radius 3 is 2.32 bits per heavy atom. The molecule has 0 radical (unpaired) electrons. The summed E-state index contributed by atoms with van der Waals surface area (Å²) in [6, 6.07) is 5.56. The Morgan fingerprint density at radius 2 is 1.84 bits per heavy atom. The smallest absolute Gasteiger partial charge is 0.137 e. The lowest BCUT2D eigenvalue weighted by molar-refractivity contribution is 0.423. The molecule has 0 saturated heterocycles. The van der Waals surface area contributed by atoms with Crippen molar-refractivity contribution in [3.63, 3.8) is 0 Å². The van der Waals surface area contributed by atoms with Gasteiger partial charge in [0.25, 0.3) is 0 Å². The molecular weight excluding hydrogens is 257 g/mol. The molecule has 1 aromatic carbocycles. The number of benzene rings is 1. The van der Waals surface area contributed by atoms with Crippen LogP contribution in [0.15, 0.2) is 23.1 Å². The SMILES string of the molecule is CC(C)C(C)Sc1ccc(CNC(C)(C)C)cc1F. The highest BCUT2D eigenvalue weighted by molar-refractivity contribution is 8.00. The van der Waals surface area contributed by atoms with Gasteiger partial charge in [0, 0.05) is 22.2 Å². The average Bonchev–Trinajstić information content (AvgIpc) is 2.28. The van der Waals surface area contributed by atoms with Crippen LogP contribution in [0.1, 0.15) is 47.1 Å². The summed E-state index contributed by atoms with van der Waals surface area (Å²) in [5.41, 5.74) is 1.05. The van der Waals surface area contributed by atoms with Crippen molar-refractivity contribution >= 4 is 11.8 Å². The first-order valence-electron chi connectivity index (χ1n) is 6.89. The summed E-state index contributed by atoms with van der Waals surface area (Å²) < 4.78 is 14.0. The second-order valence-electron chi connectivity index (χ2n) is 6.44. The van der Waals surface area contributed by atoms with Gasteiger partial charge in [0.15, 0.2) is 0 Å². The normalized spacial score (nSPS) is 13.9. The van der Waals surface area contributed by atoms with Crippen LogP contribution in [0.2, 0.25) is 0 Å². The van der Waals surface area contributed by atoms with E-state index in [0.717, 1.165) is 10.5 Å². The van der Waals surface area contributed by atoms with E-state index in [0.29, 0.717) is 17.7 Å². The van der Waals surface area contributed by atoms with Crippen molar-refractivity contribution in [2.24, 2.45) is 5.92 Å². The summed E-state index contributed by atoms with van der Waals surface area (Å²) in [5.74, 6) is 0.442. The zero-order chi connectivity index (χ0) is 14.6. The van der Waals surface area contributed by atoms with Gasteiger partial charge < -0.3 is 5.32 Å². The third kappa shape index (κ3) is 5.96. The fourth-order valence-corrected chi connectivity index (χ4v) is 2.44. The molecule has 0 spiro atoms. The lowest BCUT2D eigenvalue weighted by Crippen LogP contribution is -2.35. The Kier molecular flexibility index (Phi) is 5.87. The summed E-state index contributed by atoms with van der Waals surface area (Å²) in [6.07, 6.45) is 0. The standard InChI is InChI=1S/C16H26FNS/c1-11(2)12(3)19-15-8-7-13(9-14(15)17)10-18-16(4,5)6/h7-9,11-12,18H,10H2,1-6H3. The Morgan fingerprint density at radius 1 is 1.21 bits per heavy atom. The van der Waals surface area contributed by atoms with Gasteiger partial charge in [0.1, 0.15) is 5.82 Å². The first-order valence-corrected chi connectivity index (χ1v) is 7.77. The predicted octanol–water partition coefficient (Wildman–Crippen LogP) is 4.85. The van der Waals surface area contributed by atoms with Crippen LogP contribution in [0.3, 0.4) is 0 Å². The Labute approximate surface area is 121 Å². The van der Waals surface area contributed by atoms with Gasteiger partial charge in [-0.1, -0.05) is 26.8 Å². The molecule has 0 aliphatic rings. The van der Waals surface area contributed by atoms with E-state index in [9.17, 15) is 4.39 Å². The van der Waals surface area contributed by atoms with Gasteiger partial charge in [-0.2, -0.15) is 0 Å². The van der Waals surface area contributed by atoms with Crippen molar-refractivity contribution in [3.8, 4) is 0 Å². The van der Waals surface area contributed by atoms with Crippen LogP contribution >= 0.6 is 11.8 Å². The monoisotopic (exact) mass is 283 g/mol. The molecule has 0 fully saturated rings. The molecule has 1 N–H and O–H groups in total. The molecule has 0 saturated carbocycles. The van der Waals surface area contributed by atoms with Crippen molar-refractivity contribution < 1.29 is 4.39 Å². The fraction of sp³-hybridized carbons (Fsp3) is 0.625. The molecule has 1 nitrogen and oxygen atoms in total. The van der Waals surface area contributed by atoms with Gasteiger partial charge >= 0.3 is 0 Å². The number of rotatable bonds is 5. The van der Waals surface area contributed by atoms with Crippen molar-refractivity contribution in [2.45, 2.75) is 63.8 Å². The van der Waals surface area contributed by atoms with E-state index < -0.39 is 0 Å². The Balaban J connectivity index is 2.69. The van der Waals surface area contributed by atoms with E-state index in [-0.39, 0.29) is 11.4 Å². The third-order valence-corrected chi connectivity index (χ3v) is 4.57. The molecule has 0 amide bonds. The van der Waals surface area contributed by atoms with E-state index >= 15 is 0 Å². The van der Waals surface area contributed by atoms with Crippen LogP contribution < -0.4 is 5.32 Å². The molecule has 108 valence electrons. The van der Waals surface area contributed by atoms with Crippen molar-refractivity contribution in [1.29, 1.82) is 0 Å². The van der Waals surface area contributed by atoms with Gasteiger partial charge in [0.05, 0.1) is 0 Å². The second kappa shape index (κ2) is 6.76. The number of thioether (sulfide) groups is 1. The molecule has 3 heteroatoms. The van der Waals surface area contributed by atoms with Crippen LogP contribution in [0, 0.1) is 11.7 Å². The molecule has 0 aliphatic heterocycles. The number of halogens is 1. The predicted molar refractivity (Wildman–Crippen MR) is 83.1 cm³/mol. The highest BCUT2D eigenvalue weighted by atomic mass is 32.2.